The third kappa shape index (κ3) is 3.01. The van der Waals surface area contributed by atoms with Gasteiger partial charge in [0.2, 0.25) is 0 Å². The normalized spacial score (nSPS) is 18.6. The van der Waals surface area contributed by atoms with Crippen molar-refractivity contribution < 1.29 is 4.79 Å². The lowest BCUT2D eigenvalue weighted by atomic mass is 9.70. The van der Waals surface area contributed by atoms with E-state index < -0.39 is 0 Å². The number of Topliss-reactive ketones (excluding diaryl/α,β-unsaturated/α-hetero) is 1. The first-order valence-corrected chi connectivity index (χ1v) is 7.43. The summed E-state index contributed by atoms with van der Waals surface area (Å²) in [4.78, 5) is 12.5. The van der Waals surface area contributed by atoms with Crippen LogP contribution in [0.25, 0.3) is 0 Å². The Morgan fingerprint density at radius 3 is 2.61 bits per heavy atom. The van der Waals surface area contributed by atoms with Crippen LogP contribution in [0, 0.1) is 5.41 Å². The summed E-state index contributed by atoms with van der Waals surface area (Å²) < 4.78 is 1.03. The van der Waals surface area contributed by atoms with E-state index in [9.17, 15) is 4.79 Å². The predicted molar refractivity (Wildman–Crippen MR) is 77.4 cm³/mol. The average molecular weight is 310 g/mol. The zero-order chi connectivity index (χ0) is 13.0. The topological polar surface area (TPSA) is 43.1 Å². The molecule has 1 fully saturated rings. The summed E-state index contributed by atoms with van der Waals surface area (Å²) in [6.45, 7) is 0.500. The molecule has 0 aromatic heterocycles. The van der Waals surface area contributed by atoms with Gasteiger partial charge in [0.25, 0.3) is 0 Å². The molecule has 0 saturated heterocycles. The van der Waals surface area contributed by atoms with Crippen molar-refractivity contribution in [3.8, 4) is 0 Å². The summed E-state index contributed by atoms with van der Waals surface area (Å²) in [6, 6.07) is 7.98. The van der Waals surface area contributed by atoms with Crippen LogP contribution in [0.4, 0.5) is 0 Å². The fourth-order valence-electron chi connectivity index (χ4n) is 2.85. The van der Waals surface area contributed by atoms with Crippen molar-refractivity contribution >= 4 is 21.7 Å². The molecule has 0 bridgehead atoms. The Balaban J connectivity index is 2.10. The predicted octanol–water partition coefficient (Wildman–Crippen LogP) is 3.47. The van der Waals surface area contributed by atoms with Crippen LogP contribution in [0.5, 0.6) is 0 Å². The number of hydrogen-bond donors (Lipinski definition) is 1. The molecule has 1 aliphatic carbocycles. The molecule has 0 spiro atoms. The molecule has 1 aromatic carbocycles. The molecule has 0 amide bonds. The highest BCUT2D eigenvalue weighted by Crippen LogP contribution is 2.37. The van der Waals surface area contributed by atoms with Gasteiger partial charge in [-0.05, 0) is 30.5 Å². The van der Waals surface area contributed by atoms with Crippen LogP contribution in [0.15, 0.2) is 28.7 Å². The Morgan fingerprint density at radius 1 is 1.28 bits per heavy atom. The quantitative estimate of drug-likeness (QED) is 0.925. The summed E-state index contributed by atoms with van der Waals surface area (Å²) in [5, 5.41) is 0. The van der Waals surface area contributed by atoms with E-state index >= 15 is 0 Å². The SMILES string of the molecule is NCC1(C(=O)Cc2cccc(Br)c2)CCCCC1. The van der Waals surface area contributed by atoms with E-state index in [0.29, 0.717) is 18.7 Å². The van der Waals surface area contributed by atoms with Crippen molar-refractivity contribution in [1.82, 2.24) is 0 Å². The van der Waals surface area contributed by atoms with E-state index in [0.717, 1.165) is 35.7 Å². The van der Waals surface area contributed by atoms with Crippen LogP contribution < -0.4 is 5.73 Å². The number of hydrogen-bond acceptors (Lipinski definition) is 2. The lowest BCUT2D eigenvalue weighted by molar-refractivity contribution is -0.129. The maximum atomic E-state index is 12.5. The fraction of sp³-hybridized carbons (Fsp3) is 0.533. The van der Waals surface area contributed by atoms with E-state index in [4.69, 9.17) is 5.73 Å². The molecule has 2 rings (SSSR count). The molecule has 0 heterocycles. The van der Waals surface area contributed by atoms with Crippen LogP contribution in [-0.2, 0) is 11.2 Å². The second-order valence-corrected chi connectivity index (χ2v) is 6.19. The van der Waals surface area contributed by atoms with Crippen LogP contribution in [0.3, 0.4) is 0 Å². The Bertz CT molecular complexity index is 424. The summed E-state index contributed by atoms with van der Waals surface area (Å²) in [5.74, 6) is 0.322. The summed E-state index contributed by atoms with van der Waals surface area (Å²) in [6.07, 6.45) is 5.97. The Kier molecular flexibility index (Phi) is 4.57. The third-order valence-electron chi connectivity index (χ3n) is 4.05. The highest BCUT2D eigenvalue weighted by Gasteiger charge is 2.37. The molecule has 98 valence electrons. The smallest absolute Gasteiger partial charge is 0.144 e. The van der Waals surface area contributed by atoms with E-state index in [-0.39, 0.29) is 5.41 Å². The number of carbonyl (C=O) groups excluding carboxylic acids is 1. The Morgan fingerprint density at radius 2 is 2.00 bits per heavy atom. The minimum absolute atomic E-state index is 0.249. The highest BCUT2D eigenvalue weighted by molar-refractivity contribution is 9.10. The number of nitrogens with two attached hydrogens (primary N) is 1. The number of ketones is 1. The second-order valence-electron chi connectivity index (χ2n) is 5.27. The number of benzene rings is 1. The summed E-state index contributed by atoms with van der Waals surface area (Å²) in [7, 11) is 0. The Labute approximate surface area is 117 Å². The number of halogens is 1. The first kappa shape index (κ1) is 13.8. The molecule has 0 atom stereocenters. The molecule has 0 aliphatic heterocycles. The first-order chi connectivity index (χ1) is 8.66. The van der Waals surface area contributed by atoms with Crippen LogP contribution in [0.1, 0.15) is 37.7 Å². The molecule has 1 aromatic rings. The molecular weight excluding hydrogens is 290 g/mol. The van der Waals surface area contributed by atoms with Crippen LogP contribution in [-0.4, -0.2) is 12.3 Å². The van der Waals surface area contributed by atoms with Gasteiger partial charge < -0.3 is 5.73 Å². The van der Waals surface area contributed by atoms with Gasteiger partial charge in [0.1, 0.15) is 5.78 Å². The molecule has 0 radical (unpaired) electrons. The van der Waals surface area contributed by atoms with Crippen LogP contribution in [0.2, 0.25) is 0 Å². The highest BCUT2D eigenvalue weighted by atomic mass is 79.9. The van der Waals surface area contributed by atoms with Gasteiger partial charge in [-0.3, -0.25) is 4.79 Å². The van der Waals surface area contributed by atoms with E-state index in [1.165, 1.54) is 6.42 Å². The van der Waals surface area contributed by atoms with Gasteiger partial charge in [0, 0.05) is 22.9 Å². The first-order valence-electron chi connectivity index (χ1n) is 6.64. The van der Waals surface area contributed by atoms with Gasteiger partial charge >= 0.3 is 0 Å². The molecule has 2 nitrogen and oxygen atoms in total. The van der Waals surface area contributed by atoms with Gasteiger partial charge in [-0.2, -0.15) is 0 Å². The molecule has 2 N–H and O–H groups in total. The standard InChI is InChI=1S/C15H20BrNO/c16-13-6-4-5-12(9-13)10-14(18)15(11-17)7-2-1-3-8-15/h4-6,9H,1-3,7-8,10-11,17H2. The fourth-order valence-corrected chi connectivity index (χ4v) is 3.29. The zero-order valence-electron chi connectivity index (χ0n) is 10.6. The minimum atomic E-state index is -0.249. The number of rotatable bonds is 4. The molecule has 18 heavy (non-hydrogen) atoms. The maximum Gasteiger partial charge on any atom is 0.144 e. The van der Waals surface area contributed by atoms with Gasteiger partial charge in [-0.15, -0.1) is 0 Å². The third-order valence-corrected chi connectivity index (χ3v) is 4.54. The lowest BCUT2D eigenvalue weighted by Gasteiger charge is -2.34. The Hall–Kier alpha value is -0.670. The summed E-state index contributed by atoms with van der Waals surface area (Å²) in [5.41, 5.74) is 6.72. The summed E-state index contributed by atoms with van der Waals surface area (Å²) >= 11 is 3.44. The van der Waals surface area contributed by atoms with Crippen molar-refractivity contribution in [2.24, 2.45) is 11.1 Å². The van der Waals surface area contributed by atoms with Crippen LogP contribution >= 0.6 is 15.9 Å². The van der Waals surface area contributed by atoms with E-state index in [1.807, 2.05) is 24.3 Å². The second kappa shape index (κ2) is 5.98. The minimum Gasteiger partial charge on any atom is -0.329 e. The molecule has 3 heteroatoms. The average Bonchev–Trinajstić information content (AvgIpc) is 2.39. The molecule has 1 saturated carbocycles. The van der Waals surface area contributed by atoms with E-state index in [2.05, 4.69) is 15.9 Å². The molecule has 0 unspecified atom stereocenters. The number of carbonyl (C=O) groups is 1. The van der Waals surface area contributed by atoms with Crippen molar-refractivity contribution in [2.45, 2.75) is 38.5 Å². The van der Waals surface area contributed by atoms with Crippen molar-refractivity contribution in [3.63, 3.8) is 0 Å². The van der Waals surface area contributed by atoms with Crippen molar-refractivity contribution in [3.05, 3.63) is 34.3 Å². The van der Waals surface area contributed by atoms with Gasteiger partial charge in [0.05, 0.1) is 0 Å². The van der Waals surface area contributed by atoms with Gasteiger partial charge in [0.15, 0.2) is 0 Å². The van der Waals surface area contributed by atoms with Gasteiger partial charge in [-0.25, -0.2) is 0 Å². The maximum absolute atomic E-state index is 12.5. The molecular formula is C15H20BrNO. The van der Waals surface area contributed by atoms with Gasteiger partial charge in [-0.1, -0.05) is 47.3 Å². The van der Waals surface area contributed by atoms with Crippen molar-refractivity contribution in [2.75, 3.05) is 6.54 Å². The van der Waals surface area contributed by atoms with Crippen molar-refractivity contribution in [1.29, 1.82) is 0 Å². The van der Waals surface area contributed by atoms with E-state index in [1.54, 1.807) is 0 Å². The lowest BCUT2D eigenvalue weighted by Crippen LogP contribution is -2.41. The molecule has 1 aliphatic rings. The monoisotopic (exact) mass is 309 g/mol. The zero-order valence-corrected chi connectivity index (χ0v) is 12.2. The largest absolute Gasteiger partial charge is 0.329 e.